The number of carbonyl (C=O) groups excluding carboxylic acids is 1. The van der Waals surface area contributed by atoms with Gasteiger partial charge in [-0.15, -0.1) is 0 Å². The highest BCUT2D eigenvalue weighted by Crippen LogP contribution is 2.30. The smallest absolute Gasteiger partial charge is 0.311 e. The molecule has 2 saturated heterocycles. The molecule has 2 aliphatic heterocycles. The molecule has 2 heterocycles. The van der Waals surface area contributed by atoms with E-state index in [-0.39, 0.29) is 23.4 Å². The summed E-state index contributed by atoms with van der Waals surface area (Å²) in [4.78, 5) is 30.3. The van der Waals surface area contributed by atoms with Crippen molar-refractivity contribution in [2.45, 2.75) is 31.9 Å². The number of methoxy groups -OCH3 is 1. The summed E-state index contributed by atoms with van der Waals surface area (Å²) in [6.45, 7) is 6.49. The van der Waals surface area contributed by atoms with E-state index in [9.17, 15) is 14.9 Å². The first kappa shape index (κ1) is 29.2. The molecule has 0 atom stereocenters. The number of nitro groups is 1. The number of hydrogen-bond donors (Lipinski definition) is 1. The Bertz CT molecular complexity index is 1320. The number of likely N-dealkylation sites (tertiary alicyclic amines) is 1. The number of hydrogen-bond acceptors (Lipinski definition) is 8. The van der Waals surface area contributed by atoms with E-state index in [4.69, 9.17) is 9.47 Å². The van der Waals surface area contributed by atoms with Crippen LogP contribution in [0, 0.1) is 10.1 Å². The molecule has 2 aliphatic rings. The predicted molar refractivity (Wildman–Crippen MR) is 163 cm³/mol. The molecule has 0 aliphatic carbocycles. The van der Waals surface area contributed by atoms with Gasteiger partial charge < -0.3 is 24.6 Å². The van der Waals surface area contributed by atoms with Crippen LogP contribution in [0.5, 0.6) is 11.5 Å². The quantitative estimate of drug-likeness (QED) is 0.258. The van der Waals surface area contributed by atoms with Crippen LogP contribution in [0.1, 0.15) is 24.8 Å². The lowest BCUT2D eigenvalue weighted by Gasteiger charge is -2.37. The molecular formula is C32H39N5O5. The van der Waals surface area contributed by atoms with Crippen LogP contribution in [-0.2, 0) is 11.4 Å². The summed E-state index contributed by atoms with van der Waals surface area (Å²) in [5, 5.41) is 14.6. The van der Waals surface area contributed by atoms with Gasteiger partial charge in [0.05, 0.1) is 12.0 Å². The van der Waals surface area contributed by atoms with E-state index in [0.717, 1.165) is 62.6 Å². The van der Waals surface area contributed by atoms with Gasteiger partial charge in [0, 0.05) is 81.8 Å². The Morgan fingerprint density at radius 2 is 1.67 bits per heavy atom. The molecule has 1 N–H and O–H groups in total. The Morgan fingerprint density at radius 3 is 2.33 bits per heavy atom. The summed E-state index contributed by atoms with van der Waals surface area (Å²) < 4.78 is 11.1. The van der Waals surface area contributed by atoms with Crippen molar-refractivity contribution in [3.8, 4) is 11.5 Å². The van der Waals surface area contributed by atoms with Gasteiger partial charge in [0.2, 0.25) is 5.91 Å². The topological polar surface area (TPSA) is 100 Å². The van der Waals surface area contributed by atoms with E-state index in [1.54, 1.807) is 12.1 Å². The molecule has 0 aromatic heterocycles. The molecule has 222 valence electrons. The van der Waals surface area contributed by atoms with Gasteiger partial charge in [-0.1, -0.05) is 30.3 Å². The van der Waals surface area contributed by atoms with E-state index in [2.05, 4.69) is 39.4 Å². The summed E-state index contributed by atoms with van der Waals surface area (Å²) in [5.74, 6) is 1.31. The monoisotopic (exact) mass is 573 g/mol. The third kappa shape index (κ3) is 7.70. The minimum absolute atomic E-state index is 0.0520. The first-order valence-electron chi connectivity index (χ1n) is 14.6. The predicted octanol–water partition coefficient (Wildman–Crippen LogP) is 4.80. The fourth-order valence-electron chi connectivity index (χ4n) is 5.56. The van der Waals surface area contributed by atoms with Crippen molar-refractivity contribution in [1.82, 2.24) is 9.80 Å². The SMILES string of the molecule is COc1cc(NC2CCN(C(=O)CCN3CCN(c4ccc(OCc5ccccc5)cc4)CC3)CC2)ccc1[N+](=O)[O-]. The maximum Gasteiger partial charge on any atom is 0.311 e. The first-order valence-corrected chi connectivity index (χ1v) is 14.6. The molecule has 5 rings (SSSR count). The zero-order valence-corrected chi connectivity index (χ0v) is 24.1. The highest BCUT2D eigenvalue weighted by molar-refractivity contribution is 5.76. The average Bonchev–Trinajstić information content (AvgIpc) is 3.04. The molecule has 0 radical (unpaired) electrons. The molecular weight excluding hydrogens is 534 g/mol. The van der Waals surface area contributed by atoms with Crippen LogP contribution in [0.25, 0.3) is 0 Å². The van der Waals surface area contributed by atoms with Crippen molar-refractivity contribution < 1.29 is 19.2 Å². The molecule has 3 aromatic carbocycles. The Morgan fingerprint density at radius 1 is 0.952 bits per heavy atom. The number of nitro benzene ring substituents is 1. The zero-order chi connectivity index (χ0) is 29.3. The van der Waals surface area contributed by atoms with Crippen molar-refractivity contribution in [2.24, 2.45) is 0 Å². The second kappa shape index (κ2) is 14.0. The van der Waals surface area contributed by atoms with Gasteiger partial charge in [-0.3, -0.25) is 19.8 Å². The number of benzene rings is 3. The minimum Gasteiger partial charge on any atom is -0.490 e. The fourth-order valence-corrected chi connectivity index (χ4v) is 5.56. The Labute approximate surface area is 247 Å². The lowest BCUT2D eigenvalue weighted by atomic mass is 10.0. The maximum atomic E-state index is 12.9. The highest BCUT2D eigenvalue weighted by Gasteiger charge is 2.25. The largest absolute Gasteiger partial charge is 0.490 e. The van der Waals surface area contributed by atoms with E-state index >= 15 is 0 Å². The van der Waals surface area contributed by atoms with E-state index in [0.29, 0.717) is 26.1 Å². The van der Waals surface area contributed by atoms with E-state index < -0.39 is 4.92 Å². The van der Waals surface area contributed by atoms with Crippen LogP contribution < -0.4 is 19.7 Å². The van der Waals surface area contributed by atoms with E-state index in [1.165, 1.54) is 18.9 Å². The third-order valence-electron chi connectivity index (χ3n) is 8.06. The third-order valence-corrected chi connectivity index (χ3v) is 8.06. The van der Waals surface area contributed by atoms with Crippen molar-refractivity contribution >= 4 is 23.0 Å². The zero-order valence-electron chi connectivity index (χ0n) is 24.1. The molecule has 10 heteroatoms. The van der Waals surface area contributed by atoms with Gasteiger partial charge in [-0.2, -0.15) is 0 Å². The standard InChI is InChI=1S/C32H39N5O5/c1-41-31-23-27(7-12-30(31)37(39)40)33-26-13-17-36(18-14-26)32(38)15-16-34-19-21-35(22-20-34)28-8-10-29(11-9-28)42-24-25-5-3-2-4-6-25/h2-12,23,26,33H,13-22,24H2,1H3. The van der Waals surface area contributed by atoms with Gasteiger partial charge in [-0.05, 0) is 48.7 Å². The summed E-state index contributed by atoms with van der Waals surface area (Å²) in [7, 11) is 1.43. The summed E-state index contributed by atoms with van der Waals surface area (Å²) in [6.07, 6.45) is 2.20. The van der Waals surface area contributed by atoms with Gasteiger partial charge in [-0.25, -0.2) is 0 Å². The van der Waals surface area contributed by atoms with Crippen LogP contribution in [0.15, 0.2) is 72.8 Å². The lowest BCUT2D eigenvalue weighted by Crippen LogP contribution is -2.48. The molecule has 0 spiro atoms. The van der Waals surface area contributed by atoms with Crippen LogP contribution in [0.3, 0.4) is 0 Å². The van der Waals surface area contributed by atoms with E-state index in [1.807, 2.05) is 35.2 Å². The number of amides is 1. The molecule has 2 fully saturated rings. The first-order chi connectivity index (χ1) is 20.5. The minimum atomic E-state index is -0.449. The van der Waals surface area contributed by atoms with Crippen LogP contribution >= 0.6 is 0 Å². The molecule has 0 saturated carbocycles. The number of anilines is 2. The van der Waals surface area contributed by atoms with Crippen LogP contribution in [-0.4, -0.2) is 79.6 Å². The lowest BCUT2D eigenvalue weighted by molar-refractivity contribution is -0.385. The normalized spacial score (nSPS) is 16.2. The molecule has 3 aromatic rings. The number of piperazine rings is 1. The number of rotatable bonds is 11. The average molecular weight is 574 g/mol. The molecule has 0 bridgehead atoms. The molecule has 1 amide bonds. The number of carbonyl (C=O) groups is 1. The van der Waals surface area contributed by atoms with Gasteiger partial charge in [0.15, 0.2) is 5.75 Å². The highest BCUT2D eigenvalue weighted by atomic mass is 16.6. The number of nitrogens with zero attached hydrogens (tertiary/aromatic N) is 4. The number of ether oxygens (including phenoxy) is 2. The summed E-state index contributed by atoms with van der Waals surface area (Å²) in [5.41, 5.74) is 3.08. The number of piperidine rings is 1. The van der Waals surface area contributed by atoms with Crippen molar-refractivity contribution in [1.29, 1.82) is 0 Å². The van der Waals surface area contributed by atoms with Crippen molar-refractivity contribution in [3.05, 3.63) is 88.5 Å². The van der Waals surface area contributed by atoms with Gasteiger partial charge in [0.25, 0.3) is 0 Å². The summed E-state index contributed by atoms with van der Waals surface area (Å²) >= 11 is 0. The Kier molecular flexibility index (Phi) is 9.76. The van der Waals surface area contributed by atoms with Crippen LogP contribution in [0.2, 0.25) is 0 Å². The Balaban J connectivity index is 0.994. The van der Waals surface area contributed by atoms with Gasteiger partial charge >= 0.3 is 5.69 Å². The number of nitrogens with one attached hydrogen (secondary N) is 1. The Hall–Kier alpha value is -4.31. The van der Waals surface area contributed by atoms with Gasteiger partial charge in [0.1, 0.15) is 12.4 Å². The molecule has 42 heavy (non-hydrogen) atoms. The second-order valence-corrected chi connectivity index (χ2v) is 10.8. The van der Waals surface area contributed by atoms with Crippen molar-refractivity contribution in [3.63, 3.8) is 0 Å². The van der Waals surface area contributed by atoms with Crippen LogP contribution in [0.4, 0.5) is 17.1 Å². The maximum absolute atomic E-state index is 12.9. The summed E-state index contributed by atoms with van der Waals surface area (Å²) in [6, 6.07) is 23.5. The molecule has 0 unspecified atom stereocenters. The van der Waals surface area contributed by atoms with Crippen molar-refractivity contribution in [2.75, 3.05) is 63.1 Å². The fraction of sp³-hybridized carbons (Fsp3) is 0.406. The second-order valence-electron chi connectivity index (χ2n) is 10.8. The molecule has 10 nitrogen and oxygen atoms in total.